The van der Waals surface area contributed by atoms with Crippen molar-refractivity contribution in [3.05, 3.63) is 23.8 Å². The molecular formula is C16H24N2O2. The van der Waals surface area contributed by atoms with Gasteiger partial charge in [0.15, 0.2) is 0 Å². The van der Waals surface area contributed by atoms with Gasteiger partial charge in [0.05, 0.1) is 7.11 Å². The van der Waals surface area contributed by atoms with E-state index in [1.54, 1.807) is 13.2 Å². The number of hydrogen-bond acceptors (Lipinski definition) is 3. The average molecular weight is 276 g/mol. The van der Waals surface area contributed by atoms with E-state index >= 15 is 0 Å². The molecule has 20 heavy (non-hydrogen) atoms. The Morgan fingerprint density at radius 1 is 1.35 bits per heavy atom. The first kappa shape index (κ1) is 14.7. The Labute approximate surface area is 120 Å². The zero-order valence-corrected chi connectivity index (χ0v) is 12.4. The van der Waals surface area contributed by atoms with Gasteiger partial charge >= 0.3 is 0 Å². The van der Waals surface area contributed by atoms with Gasteiger partial charge in [0.2, 0.25) is 5.91 Å². The third-order valence-corrected chi connectivity index (χ3v) is 4.25. The number of carbonyl (C=O) groups is 1. The smallest absolute Gasteiger partial charge is 0.226 e. The normalized spacial score (nSPS) is 17.5. The first-order valence-electron chi connectivity index (χ1n) is 7.26. The highest BCUT2D eigenvalue weighted by Gasteiger charge is 2.34. The molecule has 0 saturated heterocycles. The van der Waals surface area contributed by atoms with Crippen molar-refractivity contribution in [2.45, 2.75) is 45.6 Å². The van der Waals surface area contributed by atoms with Crippen molar-refractivity contribution in [2.75, 3.05) is 12.8 Å². The standard InChI is InChI=1S/C16H24N2O2/c1-16(8-4-3-5-9-16)15(19)18-11-12-10-13(17)6-7-14(12)20-2/h6-7,10H,3-5,8-9,11,17H2,1-2H3,(H,18,19). The van der Waals surface area contributed by atoms with Gasteiger partial charge in [0.25, 0.3) is 0 Å². The summed E-state index contributed by atoms with van der Waals surface area (Å²) < 4.78 is 5.30. The molecule has 0 heterocycles. The molecule has 1 aliphatic rings. The molecule has 1 amide bonds. The molecular weight excluding hydrogens is 252 g/mol. The highest BCUT2D eigenvalue weighted by molar-refractivity contribution is 5.82. The van der Waals surface area contributed by atoms with Crippen LogP contribution in [0.5, 0.6) is 5.75 Å². The van der Waals surface area contributed by atoms with Gasteiger partial charge in [-0.15, -0.1) is 0 Å². The number of nitrogen functional groups attached to an aromatic ring is 1. The number of benzene rings is 1. The van der Waals surface area contributed by atoms with Crippen molar-refractivity contribution in [1.29, 1.82) is 0 Å². The minimum absolute atomic E-state index is 0.140. The van der Waals surface area contributed by atoms with E-state index in [4.69, 9.17) is 10.5 Å². The summed E-state index contributed by atoms with van der Waals surface area (Å²) in [5, 5.41) is 3.04. The second-order valence-electron chi connectivity index (χ2n) is 5.88. The molecule has 0 unspecified atom stereocenters. The van der Waals surface area contributed by atoms with Gasteiger partial charge in [-0.05, 0) is 31.0 Å². The minimum atomic E-state index is -0.216. The quantitative estimate of drug-likeness (QED) is 0.831. The Morgan fingerprint density at radius 2 is 2.05 bits per heavy atom. The number of amides is 1. The molecule has 1 saturated carbocycles. The van der Waals surface area contributed by atoms with Crippen LogP contribution in [0.2, 0.25) is 0 Å². The predicted octanol–water partition coefficient (Wildman–Crippen LogP) is 2.86. The first-order chi connectivity index (χ1) is 9.55. The summed E-state index contributed by atoms with van der Waals surface area (Å²) in [7, 11) is 1.62. The summed E-state index contributed by atoms with van der Waals surface area (Å²) in [6, 6.07) is 5.48. The fourth-order valence-electron chi connectivity index (χ4n) is 2.88. The van der Waals surface area contributed by atoms with Crippen molar-refractivity contribution < 1.29 is 9.53 Å². The molecule has 1 fully saturated rings. The van der Waals surface area contributed by atoms with Crippen LogP contribution in [0.1, 0.15) is 44.6 Å². The molecule has 0 aromatic heterocycles. The molecule has 0 atom stereocenters. The first-order valence-corrected chi connectivity index (χ1v) is 7.26. The van der Waals surface area contributed by atoms with Gasteiger partial charge in [-0.2, -0.15) is 0 Å². The Morgan fingerprint density at radius 3 is 2.70 bits per heavy atom. The third kappa shape index (κ3) is 3.24. The minimum Gasteiger partial charge on any atom is -0.496 e. The highest BCUT2D eigenvalue weighted by atomic mass is 16.5. The van der Waals surface area contributed by atoms with E-state index in [1.165, 1.54) is 6.42 Å². The van der Waals surface area contributed by atoms with E-state index in [9.17, 15) is 4.79 Å². The van der Waals surface area contributed by atoms with E-state index in [2.05, 4.69) is 12.2 Å². The van der Waals surface area contributed by atoms with Gasteiger partial charge in [0.1, 0.15) is 5.75 Å². The summed E-state index contributed by atoms with van der Waals surface area (Å²) in [4.78, 5) is 12.4. The summed E-state index contributed by atoms with van der Waals surface area (Å²) in [5.41, 5.74) is 7.17. The van der Waals surface area contributed by atoms with Crippen molar-refractivity contribution in [3.63, 3.8) is 0 Å². The molecule has 0 bridgehead atoms. The fraction of sp³-hybridized carbons (Fsp3) is 0.562. The largest absolute Gasteiger partial charge is 0.496 e. The molecule has 0 spiro atoms. The third-order valence-electron chi connectivity index (χ3n) is 4.25. The topological polar surface area (TPSA) is 64.3 Å². The van der Waals surface area contributed by atoms with Gasteiger partial charge in [0, 0.05) is 23.2 Å². The molecule has 0 radical (unpaired) electrons. The van der Waals surface area contributed by atoms with Crippen LogP contribution in [0.3, 0.4) is 0 Å². The average Bonchev–Trinajstić information content (AvgIpc) is 2.45. The van der Waals surface area contributed by atoms with Crippen molar-refractivity contribution >= 4 is 11.6 Å². The summed E-state index contributed by atoms with van der Waals surface area (Å²) in [6.45, 7) is 2.53. The van der Waals surface area contributed by atoms with Gasteiger partial charge in [-0.1, -0.05) is 26.2 Å². The predicted molar refractivity (Wildman–Crippen MR) is 80.4 cm³/mol. The highest BCUT2D eigenvalue weighted by Crippen LogP contribution is 2.36. The number of anilines is 1. The van der Waals surface area contributed by atoms with E-state index in [1.807, 2.05) is 12.1 Å². The van der Waals surface area contributed by atoms with Crippen molar-refractivity contribution in [1.82, 2.24) is 5.32 Å². The number of methoxy groups -OCH3 is 1. The molecule has 2 rings (SSSR count). The molecule has 110 valence electrons. The Balaban J connectivity index is 2.01. The fourth-order valence-corrected chi connectivity index (χ4v) is 2.88. The van der Waals surface area contributed by atoms with E-state index < -0.39 is 0 Å². The molecule has 4 nitrogen and oxygen atoms in total. The van der Waals surface area contributed by atoms with Crippen LogP contribution in [0.25, 0.3) is 0 Å². The van der Waals surface area contributed by atoms with E-state index in [0.717, 1.165) is 37.0 Å². The Kier molecular flexibility index (Phi) is 4.53. The second-order valence-corrected chi connectivity index (χ2v) is 5.88. The summed E-state index contributed by atoms with van der Waals surface area (Å²) in [5.74, 6) is 0.898. The van der Waals surface area contributed by atoms with Crippen LogP contribution in [0.4, 0.5) is 5.69 Å². The number of nitrogens with two attached hydrogens (primary N) is 1. The van der Waals surface area contributed by atoms with E-state index in [-0.39, 0.29) is 11.3 Å². The van der Waals surface area contributed by atoms with Crippen LogP contribution in [0, 0.1) is 5.41 Å². The summed E-state index contributed by atoms with van der Waals surface area (Å²) >= 11 is 0. The molecule has 1 aromatic rings. The molecule has 1 aliphatic carbocycles. The molecule has 4 heteroatoms. The van der Waals surface area contributed by atoms with E-state index in [0.29, 0.717) is 12.2 Å². The lowest BCUT2D eigenvalue weighted by Crippen LogP contribution is -2.39. The maximum absolute atomic E-state index is 12.4. The monoisotopic (exact) mass is 276 g/mol. The van der Waals surface area contributed by atoms with Gasteiger partial charge in [-0.3, -0.25) is 4.79 Å². The molecule has 3 N–H and O–H groups in total. The number of hydrogen-bond donors (Lipinski definition) is 2. The van der Waals surface area contributed by atoms with Crippen molar-refractivity contribution in [3.8, 4) is 5.75 Å². The van der Waals surface area contributed by atoms with Crippen LogP contribution < -0.4 is 15.8 Å². The van der Waals surface area contributed by atoms with Crippen LogP contribution in [0.15, 0.2) is 18.2 Å². The van der Waals surface area contributed by atoms with Gasteiger partial charge < -0.3 is 15.8 Å². The SMILES string of the molecule is COc1ccc(N)cc1CNC(=O)C1(C)CCCCC1. The lowest BCUT2D eigenvalue weighted by atomic mass is 9.75. The van der Waals surface area contributed by atoms with Crippen LogP contribution in [-0.2, 0) is 11.3 Å². The van der Waals surface area contributed by atoms with Crippen molar-refractivity contribution in [2.24, 2.45) is 5.41 Å². The Bertz CT molecular complexity index is 479. The zero-order valence-electron chi connectivity index (χ0n) is 12.4. The Hall–Kier alpha value is -1.71. The molecule has 0 aliphatic heterocycles. The molecule has 1 aromatic carbocycles. The number of nitrogens with one attached hydrogen (secondary N) is 1. The maximum Gasteiger partial charge on any atom is 0.226 e. The number of rotatable bonds is 4. The van der Waals surface area contributed by atoms with Crippen LogP contribution in [-0.4, -0.2) is 13.0 Å². The second kappa shape index (κ2) is 6.16. The van der Waals surface area contributed by atoms with Gasteiger partial charge in [-0.25, -0.2) is 0 Å². The lowest BCUT2D eigenvalue weighted by molar-refractivity contribution is -0.132. The lowest BCUT2D eigenvalue weighted by Gasteiger charge is -2.32. The zero-order chi connectivity index (χ0) is 14.6. The van der Waals surface area contributed by atoms with Crippen LogP contribution >= 0.6 is 0 Å². The number of ether oxygens (including phenoxy) is 1. The summed E-state index contributed by atoms with van der Waals surface area (Å²) in [6.07, 6.45) is 5.49. The number of carbonyl (C=O) groups excluding carboxylic acids is 1. The maximum atomic E-state index is 12.4.